The molecule has 2 heterocycles. The molecule has 6 nitrogen and oxygen atoms in total. The van der Waals surface area contributed by atoms with Crippen molar-refractivity contribution < 1.29 is 10.2 Å². The molecule has 0 spiro atoms. The van der Waals surface area contributed by atoms with Gasteiger partial charge in [-0.1, -0.05) is 123 Å². The van der Waals surface area contributed by atoms with E-state index in [1.165, 1.54) is 16.9 Å². The maximum atomic E-state index is 11.3. The van der Waals surface area contributed by atoms with Crippen LogP contribution in [0.4, 0.5) is 11.4 Å². The van der Waals surface area contributed by atoms with E-state index in [1.54, 1.807) is 0 Å². The summed E-state index contributed by atoms with van der Waals surface area (Å²) in [4.78, 5) is 9.69. The van der Waals surface area contributed by atoms with Crippen molar-refractivity contribution in [3.63, 3.8) is 0 Å². The first-order chi connectivity index (χ1) is 27.0. The quantitative estimate of drug-likeness (QED) is 0.132. The second kappa shape index (κ2) is 21.3. The van der Waals surface area contributed by atoms with Crippen LogP contribution in [0.1, 0.15) is 58.1 Å². The molecule has 2 N–H and O–H groups in total. The zero-order valence-corrected chi connectivity index (χ0v) is 35.4. The van der Waals surface area contributed by atoms with Crippen LogP contribution in [-0.2, 0) is 6.42 Å². The zero-order valence-electron chi connectivity index (χ0n) is 33.9. The third kappa shape index (κ3) is 12.7. The molecule has 6 rings (SSSR count). The number of piperazine rings is 2. The van der Waals surface area contributed by atoms with Gasteiger partial charge in [0, 0.05) is 98.3 Å². The summed E-state index contributed by atoms with van der Waals surface area (Å²) in [5.41, 5.74) is 3.04. The fourth-order valence-electron chi connectivity index (χ4n) is 7.86. The molecule has 0 aromatic heterocycles. The molecule has 0 aliphatic carbocycles. The third-order valence-electron chi connectivity index (χ3n) is 11.9. The summed E-state index contributed by atoms with van der Waals surface area (Å²) in [5.74, 6) is 6.62. The van der Waals surface area contributed by atoms with Crippen LogP contribution in [0.25, 0.3) is 0 Å². The van der Waals surface area contributed by atoms with Crippen molar-refractivity contribution in [3.05, 3.63) is 130 Å². The maximum absolute atomic E-state index is 11.3. The minimum absolute atomic E-state index is 0.0754. The first kappa shape index (κ1) is 43.6. The zero-order chi connectivity index (χ0) is 40.0. The summed E-state index contributed by atoms with van der Waals surface area (Å²) in [6, 6.07) is 36.5. The van der Waals surface area contributed by atoms with Crippen LogP contribution in [-0.4, -0.2) is 96.7 Å². The predicted octanol–water partition coefficient (Wildman–Crippen LogP) is 9.16. The minimum atomic E-state index is -0.972. The van der Waals surface area contributed by atoms with Gasteiger partial charge >= 0.3 is 0 Å². The highest BCUT2D eigenvalue weighted by Gasteiger charge is 2.34. The molecular formula is C48H62Cl2N4O2. The Morgan fingerprint density at radius 1 is 0.607 bits per heavy atom. The predicted molar refractivity (Wildman–Crippen MR) is 237 cm³/mol. The van der Waals surface area contributed by atoms with Crippen LogP contribution in [0, 0.1) is 23.7 Å². The Morgan fingerprint density at radius 3 is 1.55 bits per heavy atom. The molecule has 0 bridgehead atoms. The SMILES string of the molecule is CCC(O)(C#Cc1ccccc1)C(C)CN1CCN(c2cccc(Cl)c2)CC1.CCC(O)(CCc1ccccc1)C(C)CN1CCN(c2cccc(Cl)c2)CC1. The van der Waals surface area contributed by atoms with Gasteiger partial charge < -0.3 is 20.0 Å². The van der Waals surface area contributed by atoms with E-state index < -0.39 is 11.2 Å². The summed E-state index contributed by atoms with van der Waals surface area (Å²) in [5, 5.41) is 24.0. The molecule has 4 aromatic rings. The molecular weight excluding hydrogens is 735 g/mol. The maximum Gasteiger partial charge on any atom is 0.129 e. The van der Waals surface area contributed by atoms with E-state index in [4.69, 9.17) is 23.2 Å². The summed E-state index contributed by atoms with van der Waals surface area (Å²) in [6.45, 7) is 18.1. The third-order valence-corrected chi connectivity index (χ3v) is 12.4. The number of aryl methyl sites for hydroxylation is 1. The van der Waals surface area contributed by atoms with E-state index in [2.05, 4.69) is 88.6 Å². The van der Waals surface area contributed by atoms with Crippen LogP contribution < -0.4 is 9.80 Å². The molecule has 2 aliphatic rings. The largest absolute Gasteiger partial charge is 0.390 e. The van der Waals surface area contributed by atoms with E-state index in [0.717, 1.165) is 100 Å². The number of halogens is 2. The highest BCUT2D eigenvalue weighted by Crippen LogP contribution is 2.29. The lowest BCUT2D eigenvalue weighted by atomic mass is 9.81. The van der Waals surface area contributed by atoms with Crippen molar-refractivity contribution in [1.82, 2.24) is 9.80 Å². The topological polar surface area (TPSA) is 53.4 Å². The highest BCUT2D eigenvalue weighted by atomic mass is 35.5. The molecule has 2 aliphatic heterocycles. The van der Waals surface area contributed by atoms with Gasteiger partial charge in [0.1, 0.15) is 5.60 Å². The second-order valence-corrected chi connectivity index (χ2v) is 16.5. The summed E-state index contributed by atoms with van der Waals surface area (Å²) >= 11 is 12.3. The number of rotatable bonds is 13. The number of hydrogen-bond donors (Lipinski definition) is 2. The van der Waals surface area contributed by atoms with Gasteiger partial charge in [-0.25, -0.2) is 0 Å². The van der Waals surface area contributed by atoms with E-state index in [-0.39, 0.29) is 11.8 Å². The average molecular weight is 798 g/mol. The monoisotopic (exact) mass is 796 g/mol. The average Bonchev–Trinajstić information content (AvgIpc) is 3.23. The molecule has 4 atom stereocenters. The van der Waals surface area contributed by atoms with E-state index in [0.29, 0.717) is 6.42 Å². The Balaban J connectivity index is 0.000000214. The number of anilines is 2. The summed E-state index contributed by atoms with van der Waals surface area (Å²) in [6.07, 6.45) is 3.16. The molecule has 0 radical (unpaired) electrons. The Labute approximate surface area is 347 Å². The van der Waals surface area contributed by atoms with Gasteiger partial charge in [-0.05, 0) is 85.7 Å². The molecule has 4 unspecified atom stereocenters. The second-order valence-electron chi connectivity index (χ2n) is 15.7. The molecule has 8 heteroatoms. The Kier molecular flexibility index (Phi) is 16.6. The highest BCUT2D eigenvalue weighted by molar-refractivity contribution is 6.31. The Bertz CT molecular complexity index is 1820. The number of aliphatic hydroxyl groups is 2. The molecule has 0 saturated carbocycles. The Morgan fingerprint density at radius 2 is 1.09 bits per heavy atom. The van der Waals surface area contributed by atoms with Crippen molar-refractivity contribution in [2.75, 3.05) is 75.2 Å². The first-order valence-corrected chi connectivity index (χ1v) is 21.3. The minimum Gasteiger partial charge on any atom is -0.390 e. The van der Waals surface area contributed by atoms with Crippen LogP contribution in [0.3, 0.4) is 0 Å². The number of benzene rings is 4. The Hall–Kier alpha value is -3.54. The number of nitrogens with zero attached hydrogens (tertiary/aromatic N) is 4. The van der Waals surface area contributed by atoms with Gasteiger partial charge in [0.25, 0.3) is 0 Å². The van der Waals surface area contributed by atoms with Crippen LogP contribution in [0.2, 0.25) is 10.0 Å². The van der Waals surface area contributed by atoms with Crippen molar-refractivity contribution in [1.29, 1.82) is 0 Å². The van der Waals surface area contributed by atoms with E-state index in [1.807, 2.05) is 79.7 Å². The standard InChI is InChI=1S/C24H33ClN2O.C24H29ClN2O/c2*1-3-24(28,13-12-21-8-5-4-6-9-21)20(2)19-26-14-16-27(17-15-26)23-11-7-10-22(25)18-23/h4-11,18,20,28H,3,12-17,19H2,1-2H3;4-11,18,20,28H,3,14-17,19H2,1-2H3. The molecule has 2 fully saturated rings. The lowest BCUT2D eigenvalue weighted by Gasteiger charge is -2.41. The van der Waals surface area contributed by atoms with Gasteiger partial charge in [0.15, 0.2) is 0 Å². The van der Waals surface area contributed by atoms with Crippen LogP contribution >= 0.6 is 23.2 Å². The van der Waals surface area contributed by atoms with Crippen LogP contribution in [0.15, 0.2) is 109 Å². The van der Waals surface area contributed by atoms with Gasteiger partial charge in [0.05, 0.1) is 5.60 Å². The smallest absolute Gasteiger partial charge is 0.129 e. The summed E-state index contributed by atoms with van der Waals surface area (Å²) < 4.78 is 0. The van der Waals surface area contributed by atoms with Crippen LogP contribution in [0.5, 0.6) is 0 Å². The van der Waals surface area contributed by atoms with E-state index >= 15 is 0 Å². The molecule has 2 saturated heterocycles. The fraction of sp³-hybridized carbons (Fsp3) is 0.458. The lowest BCUT2D eigenvalue weighted by Crippen LogP contribution is -2.50. The van der Waals surface area contributed by atoms with Crippen molar-refractivity contribution in [3.8, 4) is 11.8 Å². The van der Waals surface area contributed by atoms with Gasteiger partial charge in [-0.15, -0.1) is 0 Å². The fourth-order valence-corrected chi connectivity index (χ4v) is 8.23. The molecule has 300 valence electrons. The normalized spacial score (nSPS) is 18.4. The molecule has 4 aromatic carbocycles. The number of hydrogen-bond acceptors (Lipinski definition) is 6. The first-order valence-electron chi connectivity index (χ1n) is 20.5. The van der Waals surface area contributed by atoms with Gasteiger partial charge in [0.2, 0.25) is 0 Å². The van der Waals surface area contributed by atoms with Crippen molar-refractivity contribution in [2.45, 2.75) is 64.6 Å². The van der Waals surface area contributed by atoms with Crippen molar-refractivity contribution in [2.24, 2.45) is 11.8 Å². The molecule has 56 heavy (non-hydrogen) atoms. The lowest BCUT2D eigenvalue weighted by molar-refractivity contribution is -0.0351. The summed E-state index contributed by atoms with van der Waals surface area (Å²) in [7, 11) is 0. The van der Waals surface area contributed by atoms with Gasteiger partial charge in [-0.2, -0.15) is 0 Å². The van der Waals surface area contributed by atoms with Crippen molar-refractivity contribution >= 4 is 34.6 Å². The molecule has 0 amide bonds. The van der Waals surface area contributed by atoms with Gasteiger partial charge in [-0.3, -0.25) is 9.80 Å². The van der Waals surface area contributed by atoms with E-state index in [9.17, 15) is 10.2 Å².